The second-order valence-electron chi connectivity index (χ2n) is 6.54. The van der Waals surface area contributed by atoms with E-state index in [1.165, 1.54) is 10.6 Å². The molecule has 3 aromatic rings. The first kappa shape index (κ1) is 22.0. The van der Waals surface area contributed by atoms with E-state index in [0.717, 1.165) is 0 Å². The van der Waals surface area contributed by atoms with Gasteiger partial charge in [-0.25, -0.2) is 19.0 Å². The van der Waals surface area contributed by atoms with E-state index in [4.69, 9.17) is 16.7 Å². The average molecular weight is 448 g/mol. The number of anilines is 1. The number of amides is 3. The van der Waals surface area contributed by atoms with Crippen molar-refractivity contribution in [2.24, 2.45) is 0 Å². The second kappa shape index (κ2) is 9.43. The van der Waals surface area contributed by atoms with Crippen LogP contribution in [0.3, 0.4) is 0 Å². The van der Waals surface area contributed by atoms with Crippen LogP contribution in [-0.2, 0) is 0 Å². The van der Waals surface area contributed by atoms with Crippen LogP contribution >= 0.6 is 11.6 Å². The number of hydrogen-bond donors (Lipinski definition) is 4. The van der Waals surface area contributed by atoms with E-state index in [9.17, 15) is 18.8 Å². The fraction of sp³-hybridized carbons (Fsp3) is 0.200. The normalized spacial score (nSPS) is 11.7. The molecule has 9 nitrogen and oxygen atoms in total. The van der Waals surface area contributed by atoms with Crippen LogP contribution in [0.5, 0.6) is 0 Å². The number of carbonyl (C=O) groups excluding carboxylic acids is 1. The van der Waals surface area contributed by atoms with Crippen LogP contribution < -0.4 is 21.5 Å². The van der Waals surface area contributed by atoms with Gasteiger partial charge in [0.25, 0.3) is 5.56 Å². The minimum Gasteiger partial charge on any atom is -0.465 e. The van der Waals surface area contributed by atoms with Crippen LogP contribution in [0.25, 0.3) is 16.6 Å². The summed E-state index contributed by atoms with van der Waals surface area (Å²) < 4.78 is 13.5. The summed E-state index contributed by atoms with van der Waals surface area (Å²) in [4.78, 5) is 40.8. The minimum atomic E-state index is -1.28. The standard InChI is InChI=1S/C20H19ClFN5O4/c1-11(24-20(30)31)17-26-15-7-3-6-14(21)16(15)18(28)27(17)13-5-2-4-12(10-13)25-19(29)23-9-8-22/h2-7,10-11,24H,8-9H2,1H3,(H,30,31)(H2,23,25,29). The summed E-state index contributed by atoms with van der Waals surface area (Å²) in [6.45, 7) is 0.708. The maximum atomic E-state index is 13.4. The molecule has 31 heavy (non-hydrogen) atoms. The van der Waals surface area contributed by atoms with Gasteiger partial charge in [0.15, 0.2) is 0 Å². The molecule has 4 N–H and O–H groups in total. The Morgan fingerprint density at radius 3 is 2.71 bits per heavy atom. The molecule has 0 aliphatic heterocycles. The zero-order chi connectivity index (χ0) is 22.5. The first-order valence-electron chi connectivity index (χ1n) is 9.23. The summed E-state index contributed by atoms with van der Waals surface area (Å²) in [7, 11) is 0. The fourth-order valence-corrected chi connectivity index (χ4v) is 3.31. The van der Waals surface area contributed by atoms with Crippen molar-refractivity contribution in [3.63, 3.8) is 0 Å². The molecule has 11 heteroatoms. The number of carboxylic acid groups (broad SMARTS) is 1. The second-order valence-corrected chi connectivity index (χ2v) is 6.94. The largest absolute Gasteiger partial charge is 0.465 e. The molecule has 0 bridgehead atoms. The molecule has 0 radical (unpaired) electrons. The molecule has 1 unspecified atom stereocenters. The molecule has 0 aliphatic rings. The van der Waals surface area contributed by atoms with E-state index in [0.29, 0.717) is 16.9 Å². The molecule has 0 fully saturated rings. The first-order chi connectivity index (χ1) is 14.8. The Balaban J connectivity index is 2.16. The molecule has 1 heterocycles. The average Bonchev–Trinajstić information content (AvgIpc) is 2.71. The summed E-state index contributed by atoms with van der Waals surface area (Å²) in [5, 5.41) is 16.7. The number of hydrogen-bond acceptors (Lipinski definition) is 4. The van der Waals surface area contributed by atoms with E-state index in [2.05, 4.69) is 20.9 Å². The van der Waals surface area contributed by atoms with Crippen molar-refractivity contribution in [2.45, 2.75) is 13.0 Å². The number of fused-ring (bicyclic) bond motifs is 1. The number of nitrogens with zero attached hydrogens (tertiary/aromatic N) is 2. The molecule has 2 aromatic carbocycles. The van der Waals surface area contributed by atoms with Gasteiger partial charge in [-0.15, -0.1) is 0 Å². The van der Waals surface area contributed by atoms with E-state index in [-0.39, 0.29) is 22.8 Å². The molecular weight excluding hydrogens is 429 g/mol. The van der Waals surface area contributed by atoms with Crippen molar-refractivity contribution in [3.8, 4) is 5.69 Å². The lowest BCUT2D eigenvalue weighted by Crippen LogP contribution is -2.32. The number of alkyl halides is 1. The summed E-state index contributed by atoms with van der Waals surface area (Å²) in [6.07, 6.45) is -1.28. The van der Waals surface area contributed by atoms with Crippen LogP contribution in [0.2, 0.25) is 5.02 Å². The van der Waals surface area contributed by atoms with Gasteiger partial charge in [0.2, 0.25) is 0 Å². The van der Waals surface area contributed by atoms with Crippen molar-refractivity contribution in [1.82, 2.24) is 20.2 Å². The zero-order valence-corrected chi connectivity index (χ0v) is 17.1. The molecule has 162 valence electrons. The Morgan fingerprint density at radius 1 is 1.26 bits per heavy atom. The van der Waals surface area contributed by atoms with Crippen molar-refractivity contribution < 1.29 is 19.1 Å². The third kappa shape index (κ3) is 4.92. The van der Waals surface area contributed by atoms with E-state index in [1.54, 1.807) is 43.3 Å². The minimum absolute atomic E-state index is 0.138. The van der Waals surface area contributed by atoms with E-state index < -0.39 is 30.4 Å². The summed E-state index contributed by atoms with van der Waals surface area (Å²) in [5.74, 6) is 0.140. The van der Waals surface area contributed by atoms with Gasteiger partial charge in [0.1, 0.15) is 12.5 Å². The van der Waals surface area contributed by atoms with E-state index >= 15 is 0 Å². The van der Waals surface area contributed by atoms with Crippen LogP contribution in [0.15, 0.2) is 47.3 Å². The van der Waals surface area contributed by atoms with Gasteiger partial charge in [-0.05, 0) is 37.3 Å². The van der Waals surface area contributed by atoms with Gasteiger partial charge >= 0.3 is 12.1 Å². The van der Waals surface area contributed by atoms with Gasteiger partial charge in [0, 0.05) is 12.2 Å². The van der Waals surface area contributed by atoms with E-state index in [1.807, 2.05) is 0 Å². The molecule has 1 atom stereocenters. The number of aromatic nitrogens is 2. The molecular formula is C20H19ClFN5O4. The predicted molar refractivity (Wildman–Crippen MR) is 115 cm³/mol. The number of halogens is 2. The van der Waals surface area contributed by atoms with Gasteiger partial charge < -0.3 is 21.1 Å². The monoisotopic (exact) mass is 447 g/mol. The van der Waals surface area contributed by atoms with Crippen molar-refractivity contribution in [1.29, 1.82) is 0 Å². The predicted octanol–water partition coefficient (Wildman–Crippen LogP) is 3.46. The van der Waals surface area contributed by atoms with Gasteiger partial charge in [0.05, 0.1) is 27.7 Å². The highest BCUT2D eigenvalue weighted by Crippen LogP contribution is 2.24. The summed E-state index contributed by atoms with van der Waals surface area (Å²) >= 11 is 6.23. The third-order valence-corrected chi connectivity index (χ3v) is 4.66. The molecule has 1 aromatic heterocycles. The topological polar surface area (TPSA) is 125 Å². The molecule has 3 amide bonds. The van der Waals surface area contributed by atoms with Gasteiger partial charge in [-0.2, -0.15) is 0 Å². The Kier molecular flexibility index (Phi) is 6.71. The van der Waals surface area contributed by atoms with Crippen LogP contribution in [0, 0.1) is 0 Å². The number of carbonyl (C=O) groups is 2. The molecule has 3 rings (SSSR count). The summed E-state index contributed by atoms with van der Waals surface area (Å²) in [6, 6.07) is 9.67. The third-order valence-electron chi connectivity index (χ3n) is 4.34. The number of urea groups is 1. The lowest BCUT2D eigenvalue weighted by Gasteiger charge is -2.19. The molecule has 0 spiro atoms. The molecule has 0 aliphatic carbocycles. The Hall–Kier alpha value is -3.66. The zero-order valence-electron chi connectivity index (χ0n) is 16.4. The van der Waals surface area contributed by atoms with Crippen molar-refractivity contribution in [3.05, 3.63) is 63.7 Å². The van der Waals surface area contributed by atoms with Crippen LogP contribution in [0.1, 0.15) is 18.8 Å². The summed E-state index contributed by atoms with van der Waals surface area (Å²) in [5.41, 5.74) is 0.493. The van der Waals surface area contributed by atoms with Crippen LogP contribution in [0.4, 0.5) is 19.7 Å². The maximum Gasteiger partial charge on any atom is 0.405 e. The van der Waals surface area contributed by atoms with Gasteiger partial charge in [-0.1, -0.05) is 23.7 Å². The van der Waals surface area contributed by atoms with Crippen LogP contribution in [-0.4, -0.2) is 40.0 Å². The van der Waals surface area contributed by atoms with Crippen molar-refractivity contribution in [2.75, 3.05) is 18.5 Å². The Morgan fingerprint density at radius 2 is 2.00 bits per heavy atom. The highest BCUT2D eigenvalue weighted by molar-refractivity contribution is 6.35. The smallest absolute Gasteiger partial charge is 0.405 e. The SMILES string of the molecule is CC(NC(=O)O)c1nc2cccc(Cl)c2c(=O)n1-c1cccc(NC(=O)NCCF)c1. The number of nitrogens with one attached hydrogen (secondary N) is 3. The number of benzene rings is 2. The number of rotatable bonds is 6. The molecule has 0 saturated heterocycles. The highest BCUT2D eigenvalue weighted by atomic mass is 35.5. The highest BCUT2D eigenvalue weighted by Gasteiger charge is 2.20. The molecule has 0 saturated carbocycles. The lowest BCUT2D eigenvalue weighted by atomic mass is 10.2. The quantitative estimate of drug-likeness (QED) is 0.460. The van der Waals surface area contributed by atoms with Gasteiger partial charge in [-0.3, -0.25) is 9.36 Å². The maximum absolute atomic E-state index is 13.4. The van der Waals surface area contributed by atoms with Crippen molar-refractivity contribution >= 4 is 40.3 Å². The lowest BCUT2D eigenvalue weighted by molar-refractivity contribution is 0.190. The fourth-order valence-electron chi connectivity index (χ4n) is 3.06. The Labute approximate surface area is 180 Å². The first-order valence-corrected chi connectivity index (χ1v) is 9.61. The Bertz CT molecular complexity index is 1200.